The standard InChI is InChI=1S/C26H36N10O3/c1-14-8-10-17(11-9-14)12-36-20-21(27-15(2)18-6-5-7-18)28-23(24-31-26(37)38-34-24)29-22(20)30-25(36)35(4)13-19-16(3)32-39-33-19/h14-15,17-18H,5-13H2,1-4H3,(H,27,28,29)(H,31,34,37)/t14-,15-,17-/m1/s1. The van der Waals surface area contributed by atoms with Gasteiger partial charge in [-0.1, -0.05) is 41.7 Å². The molecule has 2 fully saturated rings. The summed E-state index contributed by atoms with van der Waals surface area (Å²) >= 11 is 0. The molecule has 13 nitrogen and oxygen atoms in total. The predicted octanol–water partition coefficient (Wildman–Crippen LogP) is 3.92. The zero-order valence-corrected chi connectivity index (χ0v) is 23.0. The minimum Gasteiger partial charge on any atom is -0.365 e. The fraction of sp³-hybridized carbons (Fsp3) is 0.654. The molecular weight excluding hydrogens is 500 g/mol. The Bertz CT molecular complexity index is 1490. The zero-order chi connectivity index (χ0) is 27.1. The van der Waals surface area contributed by atoms with E-state index in [1.165, 1.54) is 44.9 Å². The van der Waals surface area contributed by atoms with Gasteiger partial charge in [0.1, 0.15) is 16.9 Å². The molecule has 13 heteroatoms. The number of fused-ring (bicyclic) bond motifs is 1. The van der Waals surface area contributed by atoms with Crippen molar-refractivity contribution in [1.29, 1.82) is 0 Å². The molecule has 0 radical (unpaired) electrons. The Kier molecular flexibility index (Phi) is 6.81. The van der Waals surface area contributed by atoms with Crippen LogP contribution < -0.4 is 16.0 Å². The second-order valence-corrected chi connectivity index (χ2v) is 11.4. The first-order valence-corrected chi connectivity index (χ1v) is 14.0. The maximum Gasteiger partial charge on any atom is 0.439 e. The van der Waals surface area contributed by atoms with E-state index in [1.807, 2.05) is 14.0 Å². The number of nitrogens with zero attached hydrogens (tertiary/aromatic N) is 8. The summed E-state index contributed by atoms with van der Waals surface area (Å²) < 4.78 is 11.9. The third-order valence-electron chi connectivity index (χ3n) is 8.51. The second kappa shape index (κ2) is 10.4. The third-order valence-corrected chi connectivity index (χ3v) is 8.51. The van der Waals surface area contributed by atoms with Crippen molar-refractivity contribution in [2.75, 3.05) is 17.3 Å². The Morgan fingerprint density at radius 2 is 1.90 bits per heavy atom. The highest BCUT2D eigenvalue weighted by Gasteiger charge is 2.29. The Labute approximate surface area is 225 Å². The predicted molar refractivity (Wildman–Crippen MR) is 144 cm³/mol. The van der Waals surface area contributed by atoms with Gasteiger partial charge in [-0.15, -0.1) is 0 Å². The highest BCUT2D eigenvalue weighted by Crippen LogP contribution is 2.36. The van der Waals surface area contributed by atoms with E-state index >= 15 is 0 Å². The van der Waals surface area contributed by atoms with E-state index in [0.29, 0.717) is 29.8 Å². The van der Waals surface area contributed by atoms with Crippen molar-refractivity contribution >= 4 is 22.9 Å². The van der Waals surface area contributed by atoms with E-state index in [9.17, 15) is 4.79 Å². The summed E-state index contributed by atoms with van der Waals surface area (Å²) in [6.07, 6.45) is 8.47. The first-order chi connectivity index (χ1) is 18.9. The second-order valence-electron chi connectivity index (χ2n) is 11.4. The Morgan fingerprint density at radius 1 is 1.10 bits per heavy atom. The van der Waals surface area contributed by atoms with E-state index in [0.717, 1.165) is 35.3 Å². The summed E-state index contributed by atoms with van der Waals surface area (Å²) in [5.41, 5.74) is 2.89. The van der Waals surface area contributed by atoms with Gasteiger partial charge in [-0.05, 0) is 57.3 Å². The minimum atomic E-state index is -0.653. The van der Waals surface area contributed by atoms with Crippen molar-refractivity contribution in [2.24, 2.45) is 17.8 Å². The summed E-state index contributed by atoms with van der Waals surface area (Å²) in [4.78, 5) is 30.9. The van der Waals surface area contributed by atoms with E-state index in [2.05, 4.69) is 49.1 Å². The number of aryl methyl sites for hydroxylation is 1. The van der Waals surface area contributed by atoms with Gasteiger partial charge < -0.3 is 14.8 Å². The smallest absolute Gasteiger partial charge is 0.365 e. The highest BCUT2D eigenvalue weighted by molar-refractivity contribution is 5.87. The van der Waals surface area contributed by atoms with Crippen LogP contribution in [0, 0.1) is 24.7 Å². The molecule has 0 spiro atoms. The number of hydrogen-bond acceptors (Lipinski definition) is 11. The molecule has 4 aromatic rings. The van der Waals surface area contributed by atoms with Gasteiger partial charge in [0, 0.05) is 19.6 Å². The van der Waals surface area contributed by atoms with Crippen LogP contribution in [-0.2, 0) is 13.1 Å². The van der Waals surface area contributed by atoms with Crippen molar-refractivity contribution in [2.45, 2.75) is 84.8 Å². The molecule has 1 atom stereocenters. The van der Waals surface area contributed by atoms with Gasteiger partial charge in [0.25, 0.3) is 0 Å². The van der Waals surface area contributed by atoms with Crippen LogP contribution in [-0.4, -0.2) is 53.1 Å². The monoisotopic (exact) mass is 536 g/mol. The van der Waals surface area contributed by atoms with Crippen LogP contribution in [0.2, 0.25) is 0 Å². The topological polar surface area (TPSA) is 157 Å². The Morgan fingerprint density at radius 3 is 2.54 bits per heavy atom. The van der Waals surface area contributed by atoms with Gasteiger partial charge in [-0.3, -0.25) is 9.51 Å². The van der Waals surface area contributed by atoms with E-state index in [4.69, 9.17) is 24.1 Å². The molecule has 2 aliphatic rings. The lowest BCUT2D eigenvalue weighted by atomic mass is 9.80. The van der Waals surface area contributed by atoms with Crippen LogP contribution in [0.1, 0.15) is 70.2 Å². The number of rotatable bonds is 9. The molecule has 0 aromatic carbocycles. The van der Waals surface area contributed by atoms with E-state index < -0.39 is 5.76 Å². The number of imidazole rings is 1. The number of anilines is 2. The Hall–Kier alpha value is -3.77. The quantitative estimate of drug-likeness (QED) is 0.319. The number of aromatic amines is 1. The van der Waals surface area contributed by atoms with Crippen LogP contribution in [0.25, 0.3) is 22.8 Å². The van der Waals surface area contributed by atoms with E-state index in [-0.39, 0.29) is 17.7 Å². The maximum absolute atomic E-state index is 11.7. The molecule has 4 aromatic heterocycles. The molecular formula is C26H36N10O3. The number of aromatic nitrogens is 8. The molecule has 2 aliphatic carbocycles. The molecule has 4 heterocycles. The van der Waals surface area contributed by atoms with Crippen LogP contribution >= 0.6 is 0 Å². The third kappa shape index (κ3) is 5.13. The molecule has 208 valence electrons. The van der Waals surface area contributed by atoms with Gasteiger partial charge in [-0.25, -0.2) is 19.4 Å². The largest absolute Gasteiger partial charge is 0.439 e. The van der Waals surface area contributed by atoms with Gasteiger partial charge in [0.2, 0.25) is 17.6 Å². The molecule has 2 N–H and O–H groups in total. The van der Waals surface area contributed by atoms with Crippen LogP contribution in [0.5, 0.6) is 0 Å². The summed E-state index contributed by atoms with van der Waals surface area (Å²) in [5.74, 6) is 3.13. The molecule has 0 bridgehead atoms. The first kappa shape index (κ1) is 25.5. The lowest BCUT2D eigenvalue weighted by Gasteiger charge is -2.32. The molecule has 0 amide bonds. The summed E-state index contributed by atoms with van der Waals surface area (Å²) in [6.45, 7) is 7.72. The van der Waals surface area contributed by atoms with Crippen LogP contribution in [0.3, 0.4) is 0 Å². The van der Waals surface area contributed by atoms with Gasteiger partial charge in [0.05, 0.1) is 6.54 Å². The molecule has 0 unspecified atom stereocenters. The first-order valence-electron chi connectivity index (χ1n) is 14.0. The van der Waals surface area contributed by atoms with Crippen LogP contribution in [0.4, 0.5) is 11.8 Å². The van der Waals surface area contributed by atoms with Crippen molar-refractivity contribution in [1.82, 2.24) is 40.0 Å². The lowest BCUT2D eigenvalue weighted by Crippen LogP contribution is -2.31. The summed E-state index contributed by atoms with van der Waals surface area (Å²) in [6, 6.07) is 0.227. The molecule has 39 heavy (non-hydrogen) atoms. The normalized spacial score (nSPS) is 20.7. The lowest BCUT2D eigenvalue weighted by molar-refractivity contribution is 0.266. The van der Waals surface area contributed by atoms with E-state index in [1.54, 1.807) is 0 Å². The van der Waals surface area contributed by atoms with Crippen molar-refractivity contribution < 1.29 is 9.15 Å². The Balaban J connectivity index is 1.46. The maximum atomic E-state index is 11.7. The summed E-state index contributed by atoms with van der Waals surface area (Å²) in [7, 11) is 1.99. The van der Waals surface area contributed by atoms with Crippen molar-refractivity contribution in [3.05, 3.63) is 21.9 Å². The average molecular weight is 537 g/mol. The van der Waals surface area contributed by atoms with Crippen molar-refractivity contribution in [3.63, 3.8) is 0 Å². The molecule has 6 rings (SSSR count). The SMILES string of the molecule is Cc1nonc1CN(C)c1nc2nc(-c3noc(=O)[nH]3)nc(N[C@H](C)C3CCC3)c2n1C[C@H]1CC[C@H](C)CC1. The number of H-pyrrole nitrogens is 1. The zero-order valence-electron chi connectivity index (χ0n) is 23.0. The fourth-order valence-electron chi connectivity index (χ4n) is 5.75. The van der Waals surface area contributed by atoms with Gasteiger partial charge >= 0.3 is 5.76 Å². The fourth-order valence-corrected chi connectivity index (χ4v) is 5.75. The highest BCUT2D eigenvalue weighted by atomic mass is 16.6. The molecule has 0 saturated heterocycles. The minimum absolute atomic E-state index is 0.177. The molecule has 0 aliphatic heterocycles. The number of nitrogens with one attached hydrogen (secondary N) is 2. The number of hydrogen-bond donors (Lipinski definition) is 2. The van der Waals surface area contributed by atoms with Gasteiger partial charge in [-0.2, -0.15) is 4.98 Å². The van der Waals surface area contributed by atoms with Gasteiger partial charge in [0.15, 0.2) is 11.5 Å². The van der Waals surface area contributed by atoms with Crippen LogP contribution in [0.15, 0.2) is 13.9 Å². The summed E-state index contributed by atoms with van der Waals surface area (Å²) in [5, 5.41) is 15.5. The average Bonchev–Trinajstić information content (AvgIpc) is 3.58. The van der Waals surface area contributed by atoms with Crippen molar-refractivity contribution in [3.8, 4) is 11.6 Å². The molecule has 2 saturated carbocycles.